The summed E-state index contributed by atoms with van der Waals surface area (Å²) >= 11 is 0. The van der Waals surface area contributed by atoms with Crippen LogP contribution in [-0.2, 0) is 28.7 Å². The third-order valence-electron chi connectivity index (χ3n) is 9.21. The van der Waals surface area contributed by atoms with Gasteiger partial charge in [-0.05, 0) is 25.7 Å². The predicted molar refractivity (Wildman–Crippen MR) is 173 cm³/mol. The Morgan fingerprint density at radius 3 is 0.932 bits per heavy atom. The second kappa shape index (κ2) is 26.1. The third kappa shape index (κ3) is 18.0. The molecule has 0 spiro atoms. The molecule has 0 aromatic carbocycles. The largest absolute Gasteiger partial charge is 0.481 e. The molecule has 256 valence electrons. The van der Waals surface area contributed by atoms with Crippen LogP contribution in [0.2, 0.25) is 0 Å². The van der Waals surface area contributed by atoms with E-state index in [1.807, 2.05) is 0 Å². The Kier molecular flexibility index (Phi) is 23.7. The van der Waals surface area contributed by atoms with Gasteiger partial charge in [-0.1, -0.05) is 142 Å². The van der Waals surface area contributed by atoms with Gasteiger partial charge in [0.05, 0.1) is 36.9 Å². The smallest absolute Gasteiger partial charge is 0.309 e. The molecular formula is C36H64O8. The molecule has 1 fully saturated rings. The molecule has 1 aliphatic rings. The summed E-state index contributed by atoms with van der Waals surface area (Å²) in [6, 6.07) is 0. The van der Waals surface area contributed by atoms with Crippen LogP contribution in [0.4, 0.5) is 0 Å². The van der Waals surface area contributed by atoms with Crippen LogP contribution in [0.1, 0.15) is 168 Å². The number of rotatable bonds is 28. The second-order valence-corrected chi connectivity index (χ2v) is 13.0. The van der Waals surface area contributed by atoms with E-state index in [2.05, 4.69) is 13.8 Å². The lowest BCUT2D eigenvalue weighted by Gasteiger charge is -2.35. The highest BCUT2D eigenvalue weighted by molar-refractivity contribution is 5.86. The molecular weight excluding hydrogens is 560 g/mol. The van der Waals surface area contributed by atoms with Gasteiger partial charge in [0.2, 0.25) is 0 Å². The topological polar surface area (TPSA) is 127 Å². The van der Waals surface area contributed by atoms with Gasteiger partial charge in [0.15, 0.2) is 0 Å². The lowest BCUT2D eigenvalue weighted by Crippen LogP contribution is -2.46. The zero-order valence-corrected chi connectivity index (χ0v) is 28.0. The van der Waals surface area contributed by atoms with Crippen molar-refractivity contribution in [3.05, 3.63) is 0 Å². The number of hydrogen-bond acceptors (Lipinski definition) is 6. The Morgan fingerprint density at radius 1 is 0.432 bits per heavy atom. The van der Waals surface area contributed by atoms with E-state index in [0.717, 1.165) is 38.5 Å². The highest BCUT2D eigenvalue weighted by Gasteiger charge is 2.50. The van der Waals surface area contributed by atoms with Crippen molar-refractivity contribution < 1.29 is 38.9 Å². The van der Waals surface area contributed by atoms with Gasteiger partial charge in [0.25, 0.3) is 0 Å². The lowest BCUT2D eigenvalue weighted by molar-refractivity contribution is -0.172. The summed E-state index contributed by atoms with van der Waals surface area (Å²) in [6.07, 6.45) is 25.3. The highest BCUT2D eigenvalue weighted by atomic mass is 16.5. The summed E-state index contributed by atoms with van der Waals surface area (Å²) < 4.78 is 11.0. The normalized spacial score (nSPS) is 19.9. The van der Waals surface area contributed by atoms with Gasteiger partial charge in [0, 0.05) is 0 Å². The molecule has 0 heterocycles. The molecule has 44 heavy (non-hydrogen) atoms. The monoisotopic (exact) mass is 624 g/mol. The van der Waals surface area contributed by atoms with Crippen LogP contribution in [0.15, 0.2) is 0 Å². The maximum Gasteiger partial charge on any atom is 0.309 e. The van der Waals surface area contributed by atoms with Crippen LogP contribution in [0.3, 0.4) is 0 Å². The van der Waals surface area contributed by atoms with E-state index in [9.17, 15) is 29.4 Å². The van der Waals surface area contributed by atoms with E-state index in [1.54, 1.807) is 0 Å². The zero-order valence-electron chi connectivity index (χ0n) is 28.0. The summed E-state index contributed by atoms with van der Waals surface area (Å²) in [5.74, 6) is -8.30. The average molecular weight is 625 g/mol. The number of carboxylic acids is 2. The van der Waals surface area contributed by atoms with Crippen LogP contribution in [-0.4, -0.2) is 47.3 Å². The van der Waals surface area contributed by atoms with Gasteiger partial charge < -0.3 is 19.7 Å². The maximum absolute atomic E-state index is 13.0. The van der Waals surface area contributed by atoms with Crippen molar-refractivity contribution in [2.75, 3.05) is 13.2 Å². The highest BCUT2D eigenvalue weighted by Crippen LogP contribution is 2.40. The Bertz CT molecular complexity index is 718. The summed E-state index contributed by atoms with van der Waals surface area (Å²) in [5, 5.41) is 19.3. The fraction of sp³-hybridized carbons (Fsp3) is 0.889. The molecule has 1 rings (SSSR count). The average Bonchev–Trinajstić information content (AvgIpc) is 3.01. The van der Waals surface area contributed by atoms with Crippen LogP contribution in [0.25, 0.3) is 0 Å². The van der Waals surface area contributed by atoms with Gasteiger partial charge in [-0.25, -0.2) is 0 Å². The van der Waals surface area contributed by atoms with E-state index >= 15 is 0 Å². The lowest BCUT2D eigenvalue weighted by atomic mass is 9.68. The van der Waals surface area contributed by atoms with Crippen LogP contribution in [0, 0.1) is 23.7 Å². The first-order valence-electron chi connectivity index (χ1n) is 18.1. The molecule has 1 saturated carbocycles. The zero-order chi connectivity index (χ0) is 32.4. The first-order chi connectivity index (χ1) is 21.3. The molecule has 8 heteroatoms. The summed E-state index contributed by atoms with van der Waals surface area (Å²) in [4.78, 5) is 49.8. The maximum atomic E-state index is 13.0. The molecule has 0 bridgehead atoms. The predicted octanol–water partition coefficient (Wildman–Crippen LogP) is 9.12. The number of ether oxygens (including phenoxy) is 2. The van der Waals surface area contributed by atoms with E-state index < -0.39 is 47.5 Å². The third-order valence-corrected chi connectivity index (χ3v) is 9.21. The Hall–Kier alpha value is -2.12. The number of carbonyl (C=O) groups is 4. The van der Waals surface area contributed by atoms with Gasteiger partial charge in [-0.15, -0.1) is 0 Å². The van der Waals surface area contributed by atoms with Crippen molar-refractivity contribution in [1.82, 2.24) is 0 Å². The number of esters is 2. The first-order valence-corrected chi connectivity index (χ1v) is 18.1. The Balaban J connectivity index is 2.43. The minimum atomic E-state index is -1.27. The number of unbranched alkanes of at least 4 members (excludes halogenated alkanes) is 20. The van der Waals surface area contributed by atoms with Gasteiger partial charge >= 0.3 is 23.9 Å². The number of hydrogen-bond donors (Lipinski definition) is 2. The quantitative estimate of drug-likeness (QED) is 0.0652. The van der Waals surface area contributed by atoms with Gasteiger partial charge in [-0.3, -0.25) is 19.2 Å². The number of carboxylic acid groups (broad SMARTS) is 2. The fourth-order valence-corrected chi connectivity index (χ4v) is 6.36. The molecule has 0 aromatic heterocycles. The molecule has 2 N–H and O–H groups in total. The Morgan fingerprint density at radius 2 is 0.682 bits per heavy atom. The molecule has 8 nitrogen and oxygen atoms in total. The van der Waals surface area contributed by atoms with E-state index in [0.29, 0.717) is 12.8 Å². The van der Waals surface area contributed by atoms with Crippen molar-refractivity contribution in [2.45, 2.75) is 168 Å². The van der Waals surface area contributed by atoms with Gasteiger partial charge in [0.1, 0.15) is 0 Å². The molecule has 0 radical (unpaired) electrons. The van der Waals surface area contributed by atoms with Crippen molar-refractivity contribution in [1.29, 1.82) is 0 Å². The van der Waals surface area contributed by atoms with E-state index in [-0.39, 0.29) is 26.1 Å². The molecule has 0 aromatic rings. The molecule has 1 aliphatic carbocycles. The fourth-order valence-electron chi connectivity index (χ4n) is 6.36. The summed E-state index contributed by atoms with van der Waals surface area (Å²) in [6.45, 7) is 4.88. The van der Waals surface area contributed by atoms with Gasteiger partial charge in [-0.2, -0.15) is 0 Å². The first kappa shape index (κ1) is 39.9. The summed E-state index contributed by atoms with van der Waals surface area (Å²) in [7, 11) is 0. The minimum Gasteiger partial charge on any atom is -0.481 e. The molecule has 4 unspecified atom stereocenters. The SMILES string of the molecule is CCCCCCCCCCCCCOC(=O)C1CC(C(=O)O)C(C(=O)O)CC1C(=O)OCCCCCCCCCCCCC. The van der Waals surface area contributed by atoms with E-state index in [4.69, 9.17) is 9.47 Å². The van der Waals surface area contributed by atoms with Crippen LogP contribution < -0.4 is 0 Å². The van der Waals surface area contributed by atoms with Crippen LogP contribution >= 0.6 is 0 Å². The van der Waals surface area contributed by atoms with Crippen LogP contribution in [0.5, 0.6) is 0 Å². The number of aliphatic carboxylic acids is 2. The minimum absolute atomic E-state index is 0.215. The molecule has 0 saturated heterocycles. The van der Waals surface area contributed by atoms with Crippen molar-refractivity contribution in [3.8, 4) is 0 Å². The Labute approximate surface area is 267 Å². The van der Waals surface area contributed by atoms with Crippen molar-refractivity contribution in [3.63, 3.8) is 0 Å². The molecule has 0 amide bonds. The van der Waals surface area contributed by atoms with E-state index in [1.165, 1.54) is 89.9 Å². The molecule has 0 aliphatic heterocycles. The van der Waals surface area contributed by atoms with Crippen molar-refractivity contribution in [2.24, 2.45) is 23.7 Å². The second-order valence-electron chi connectivity index (χ2n) is 13.0. The van der Waals surface area contributed by atoms with Crippen molar-refractivity contribution >= 4 is 23.9 Å². The standard InChI is InChI=1S/C36H64O8/c1-3-5-7-9-11-13-15-17-19-21-23-25-43-35(41)31-27-29(33(37)38)30(34(39)40)28-32(31)36(42)44-26-24-22-20-18-16-14-12-10-8-6-4-2/h29-32H,3-28H2,1-2H3,(H,37,38)(H,39,40). The summed E-state index contributed by atoms with van der Waals surface area (Å²) in [5.41, 5.74) is 0. The molecule has 4 atom stereocenters. The number of carbonyl (C=O) groups excluding carboxylic acids is 2.